The number of benzene rings is 1. The molecule has 104 valence electrons. The molecule has 0 bridgehead atoms. The van der Waals surface area contributed by atoms with Crippen LogP contribution in [0.2, 0.25) is 0 Å². The summed E-state index contributed by atoms with van der Waals surface area (Å²) in [4.78, 5) is 4.15. The van der Waals surface area contributed by atoms with Crippen LogP contribution in [-0.2, 0) is 10.8 Å². The minimum atomic E-state index is -4.20. The highest BCUT2D eigenvalue weighted by atomic mass is 32.2. The fourth-order valence-corrected chi connectivity index (χ4v) is 3.93. The number of nitrogen functional groups attached to an aromatic ring is 1. The van der Waals surface area contributed by atoms with Crippen molar-refractivity contribution in [2.75, 3.05) is 11.5 Å². The zero-order valence-corrected chi connectivity index (χ0v) is 11.4. The smallest absolute Gasteiger partial charge is 0.389 e. The molecule has 2 rings (SSSR count). The molecule has 0 amide bonds. The minimum absolute atomic E-state index is 0.0329. The fourth-order valence-electron chi connectivity index (χ4n) is 1.51. The third-order valence-electron chi connectivity index (χ3n) is 2.38. The van der Waals surface area contributed by atoms with Crippen molar-refractivity contribution in [1.82, 2.24) is 4.98 Å². The molecule has 1 aromatic carbocycles. The SMILES string of the molecule is Nc1ccc2nc(S(=O)CCCC(F)(F)F)sc2c1. The molecule has 0 fully saturated rings. The molecular weight excluding hydrogens is 297 g/mol. The molecule has 19 heavy (non-hydrogen) atoms. The molecule has 0 radical (unpaired) electrons. The van der Waals surface area contributed by atoms with Gasteiger partial charge in [-0.15, -0.1) is 11.3 Å². The third-order valence-corrected chi connectivity index (χ3v) is 5.14. The predicted octanol–water partition coefficient (Wildman–Crippen LogP) is 3.33. The van der Waals surface area contributed by atoms with Crippen LogP contribution in [0.15, 0.2) is 22.5 Å². The number of hydrogen-bond donors (Lipinski definition) is 1. The van der Waals surface area contributed by atoms with Gasteiger partial charge in [0.05, 0.1) is 21.0 Å². The van der Waals surface area contributed by atoms with E-state index in [4.69, 9.17) is 5.73 Å². The second-order valence-electron chi connectivity index (χ2n) is 3.98. The van der Waals surface area contributed by atoms with E-state index in [0.29, 0.717) is 15.5 Å². The van der Waals surface area contributed by atoms with E-state index in [0.717, 1.165) is 4.70 Å². The van der Waals surface area contributed by atoms with E-state index in [1.807, 2.05) is 0 Å². The van der Waals surface area contributed by atoms with Crippen LogP contribution in [0.4, 0.5) is 18.9 Å². The van der Waals surface area contributed by atoms with Gasteiger partial charge in [-0.2, -0.15) is 13.2 Å². The number of halogens is 3. The van der Waals surface area contributed by atoms with E-state index >= 15 is 0 Å². The summed E-state index contributed by atoms with van der Waals surface area (Å²) in [6, 6.07) is 5.10. The fraction of sp³-hybridized carbons (Fsp3) is 0.364. The summed E-state index contributed by atoms with van der Waals surface area (Å²) < 4.78 is 49.0. The predicted molar refractivity (Wildman–Crippen MR) is 70.6 cm³/mol. The van der Waals surface area contributed by atoms with Crippen LogP contribution in [0.3, 0.4) is 0 Å². The van der Waals surface area contributed by atoms with Crippen LogP contribution < -0.4 is 5.73 Å². The first-order valence-electron chi connectivity index (χ1n) is 5.46. The lowest BCUT2D eigenvalue weighted by molar-refractivity contribution is -0.134. The van der Waals surface area contributed by atoms with E-state index in [9.17, 15) is 17.4 Å². The number of alkyl halides is 3. The number of nitrogens with zero attached hydrogens (tertiary/aromatic N) is 1. The van der Waals surface area contributed by atoms with Crippen LogP contribution in [0.5, 0.6) is 0 Å². The Morgan fingerprint density at radius 3 is 2.79 bits per heavy atom. The Morgan fingerprint density at radius 1 is 1.37 bits per heavy atom. The zero-order chi connectivity index (χ0) is 14.0. The Hall–Kier alpha value is -1.15. The lowest BCUT2D eigenvalue weighted by Crippen LogP contribution is -2.09. The lowest BCUT2D eigenvalue weighted by atomic mass is 10.3. The average molecular weight is 308 g/mol. The quantitative estimate of drug-likeness (QED) is 0.881. The molecule has 3 nitrogen and oxygen atoms in total. The van der Waals surface area contributed by atoms with Crippen LogP contribution in [0.25, 0.3) is 10.2 Å². The largest absolute Gasteiger partial charge is 0.399 e. The third kappa shape index (κ3) is 3.90. The summed E-state index contributed by atoms with van der Waals surface area (Å²) in [5.41, 5.74) is 6.86. The van der Waals surface area contributed by atoms with Crippen LogP contribution in [0, 0.1) is 0 Å². The van der Waals surface area contributed by atoms with E-state index in [2.05, 4.69) is 4.98 Å². The zero-order valence-electron chi connectivity index (χ0n) is 9.74. The molecule has 1 heterocycles. The van der Waals surface area contributed by atoms with Gasteiger partial charge in [0.1, 0.15) is 0 Å². The van der Waals surface area contributed by atoms with Crippen molar-refractivity contribution in [3.8, 4) is 0 Å². The van der Waals surface area contributed by atoms with Gasteiger partial charge < -0.3 is 5.73 Å². The van der Waals surface area contributed by atoms with Crippen LogP contribution in [0.1, 0.15) is 12.8 Å². The molecular formula is C11H11F3N2OS2. The van der Waals surface area contributed by atoms with Crippen molar-refractivity contribution >= 4 is 38.0 Å². The van der Waals surface area contributed by atoms with E-state index < -0.39 is 23.4 Å². The molecule has 1 unspecified atom stereocenters. The summed E-state index contributed by atoms with van der Waals surface area (Å²) in [5.74, 6) is -0.0329. The number of rotatable bonds is 4. The number of hydrogen-bond acceptors (Lipinski definition) is 4. The number of fused-ring (bicyclic) bond motifs is 1. The Balaban J connectivity index is 2.05. The summed E-state index contributed by atoms with van der Waals surface area (Å²) in [6.45, 7) is 0. The van der Waals surface area contributed by atoms with Gasteiger partial charge in [-0.3, -0.25) is 4.21 Å². The molecule has 1 atom stereocenters. The van der Waals surface area contributed by atoms with Gasteiger partial charge in [0.15, 0.2) is 4.34 Å². The molecule has 0 spiro atoms. The molecule has 8 heteroatoms. The molecule has 2 N–H and O–H groups in total. The monoisotopic (exact) mass is 308 g/mol. The lowest BCUT2D eigenvalue weighted by Gasteiger charge is -2.04. The number of thiazole rings is 1. The van der Waals surface area contributed by atoms with Crippen LogP contribution >= 0.6 is 11.3 Å². The molecule has 1 aromatic heterocycles. The number of aromatic nitrogens is 1. The summed E-state index contributed by atoms with van der Waals surface area (Å²) in [5, 5.41) is 0. The van der Waals surface area contributed by atoms with Gasteiger partial charge in [-0.05, 0) is 24.6 Å². The molecule has 0 aliphatic heterocycles. The maximum absolute atomic E-state index is 12.0. The molecule has 0 aliphatic carbocycles. The number of nitrogens with two attached hydrogens (primary N) is 1. The standard InChI is InChI=1S/C11H11F3N2OS2/c12-11(13,14)4-1-5-19(17)10-16-8-3-2-7(15)6-9(8)18-10/h2-3,6H,1,4-5,15H2. The van der Waals surface area contributed by atoms with Gasteiger partial charge in [0.25, 0.3) is 0 Å². The normalized spacial score (nSPS) is 13.8. The highest BCUT2D eigenvalue weighted by Crippen LogP contribution is 2.27. The average Bonchev–Trinajstić information content (AvgIpc) is 2.70. The van der Waals surface area contributed by atoms with Crippen molar-refractivity contribution in [2.45, 2.75) is 23.4 Å². The van der Waals surface area contributed by atoms with Crippen molar-refractivity contribution in [3.63, 3.8) is 0 Å². The van der Waals surface area contributed by atoms with Crippen LogP contribution in [-0.4, -0.2) is 21.1 Å². The molecule has 0 saturated heterocycles. The van der Waals surface area contributed by atoms with Gasteiger partial charge in [-0.1, -0.05) is 0 Å². The Labute approximate surface area is 114 Å². The number of anilines is 1. The summed E-state index contributed by atoms with van der Waals surface area (Å²) in [7, 11) is -1.49. The van der Waals surface area contributed by atoms with Crippen molar-refractivity contribution in [1.29, 1.82) is 0 Å². The topological polar surface area (TPSA) is 56.0 Å². The molecule has 0 saturated carbocycles. The first-order valence-corrected chi connectivity index (χ1v) is 7.60. The second kappa shape index (κ2) is 5.46. The Morgan fingerprint density at radius 2 is 2.11 bits per heavy atom. The first kappa shape index (κ1) is 14.3. The van der Waals surface area contributed by atoms with Gasteiger partial charge >= 0.3 is 6.18 Å². The van der Waals surface area contributed by atoms with Gasteiger partial charge in [-0.25, -0.2) is 4.98 Å². The van der Waals surface area contributed by atoms with Crippen molar-refractivity contribution < 1.29 is 17.4 Å². The Kier molecular flexibility index (Phi) is 4.10. The summed E-state index contributed by atoms with van der Waals surface area (Å²) >= 11 is 1.20. The maximum atomic E-state index is 12.0. The molecule has 2 aromatic rings. The maximum Gasteiger partial charge on any atom is 0.389 e. The van der Waals surface area contributed by atoms with E-state index in [1.54, 1.807) is 18.2 Å². The second-order valence-corrected chi connectivity index (χ2v) is 6.75. The van der Waals surface area contributed by atoms with E-state index in [1.165, 1.54) is 11.3 Å². The minimum Gasteiger partial charge on any atom is -0.399 e. The highest BCUT2D eigenvalue weighted by Gasteiger charge is 2.26. The first-order chi connectivity index (χ1) is 8.85. The van der Waals surface area contributed by atoms with Crippen molar-refractivity contribution in [2.24, 2.45) is 0 Å². The Bertz CT molecular complexity index is 609. The highest BCUT2D eigenvalue weighted by molar-refractivity contribution is 7.87. The van der Waals surface area contributed by atoms with Gasteiger partial charge in [0, 0.05) is 17.9 Å². The molecule has 0 aliphatic rings. The van der Waals surface area contributed by atoms with Gasteiger partial charge in [0.2, 0.25) is 0 Å². The summed E-state index contributed by atoms with van der Waals surface area (Å²) in [6.07, 6.45) is -5.28. The van der Waals surface area contributed by atoms with Crippen molar-refractivity contribution in [3.05, 3.63) is 18.2 Å². The van der Waals surface area contributed by atoms with E-state index in [-0.39, 0.29) is 12.2 Å².